The van der Waals surface area contributed by atoms with Crippen LogP contribution >= 0.6 is 0 Å². The van der Waals surface area contributed by atoms with E-state index in [0.717, 1.165) is 0 Å². The number of esters is 3. The molecule has 4 rings (SSSR count). The van der Waals surface area contributed by atoms with Crippen molar-refractivity contribution in [1.82, 2.24) is 0 Å². The second kappa shape index (κ2) is 12.0. The lowest BCUT2D eigenvalue weighted by atomic mass is 10.0. The molecular weight excluding hydrogens is 460 g/mol. The summed E-state index contributed by atoms with van der Waals surface area (Å²) in [7, 11) is 0. The van der Waals surface area contributed by atoms with Gasteiger partial charge in [-0.25, -0.2) is 14.4 Å². The van der Waals surface area contributed by atoms with Crippen molar-refractivity contribution >= 4 is 17.9 Å². The first-order chi connectivity index (χ1) is 17.6. The van der Waals surface area contributed by atoms with E-state index in [9.17, 15) is 14.4 Å². The summed E-state index contributed by atoms with van der Waals surface area (Å²) in [5.74, 6) is -1.73. The van der Waals surface area contributed by atoms with E-state index in [1.165, 1.54) is 0 Å². The summed E-state index contributed by atoms with van der Waals surface area (Å²) in [5.41, 5.74) is 1.06. The van der Waals surface area contributed by atoms with Crippen LogP contribution in [0.2, 0.25) is 0 Å². The molecule has 0 saturated carbocycles. The molecule has 36 heavy (non-hydrogen) atoms. The van der Waals surface area contributed by atoms with Gasteiger partial charge in [0.25, 0.3) is 0 Å². The third-order valence-electron chi connectivity index (χ3n) is 5.70. The normalized spacial score (nSPS) is 20.8. The SMILES string of the molecule is C=CC[C@H]1O[C@H](COC(=O)c2ccccc2)[C@@H](OC(=O)c2ccccc2)[C@@H]1OC(=O)c1ccccc1. The van der Waals surface area contributed by atoms with Crippen LogP contribution in [-0.4, -0.2) is 48.9 Å². The maximum Gasteiger partial charge on any atom is 0.338 e. The van der Waals surface area contributed by atoms with E-state index in [1.54, 1.807) is 97.1 Å². The van der Waals surface area contributed by atoms with Crippen LogP contribution in [0.4, 0.5) is 0 Å². The predicted octanol–water partition coefficient (Wildman–Crippen LogP) is 4.64. The van der Waals surface area contributed by atoms with Crippen molar-refractivity contribution in [1.29, 1.82) is 0 Å². The Morgan fingerprint density at radius 3 is 1.53 bits per heavy atom. The predicted molar refractivity (Wildman–Crippen MR) is 131 cm³/mol. The van der Waals surface area contributed by atoms with Crippen LogP contribution in [0.25, 0.3) is 0 Å². The Morgan fingerprint density at radius 2 is 1.08 bits per heavy atom. The molecule has 0 amide bonds. The van der Waals surface area contributed by atoms with Gasteiger partial charge in [0.1, 0.15) is 18.8 Å². The molecule has 1 aliphatic heterocycles. The molecule has 1 heterocycles. The number of ether oxygens (including phenoxy) is 4. The summed E-state index contributed by atoms with van der Waals surface area (Å²) in [6.45, 7) is 3.55. The fourth-order valence-corrected chi connectivity index (χ4v) is 3.92. The van der Waals surface area contributed by atoms with E-state index < -0.39 is 42.3 Å². The van der Waals surface area contributed by atoms with E-state index in [-0.39, 0.29) is 6.61 Å². The highest BCUT2D eigenvalue weighted by Gasteiger charge is 2.49. The zero-order valence-corrected chi connectivity index (χ0v) is 19.5. The van der Waals surface area contributed by atoms with Crippen LogP contribution in [0.15, 0.2) is 104 Å². The average Bonchev–Trinajstić information content (AvgIpc) is 3.24. The molecule has 1 fully saturated rings. The fourth-order valence-electron chi connectivity index (χ4n) is 3.92. The van der Waals surface area contributed by atoms with Crippen molar-refractivity contribution in [2.75, 3.05) is 6.61 Å². The Hall–Kier alpha value is -4.23. The lowest BCUT2D eigenvalue weighted by Crippen LogP contribution is -2.42. The molecule has 0 bridgehead atoms. The Labute approximate surface area is 209 Å². The minimum absolute atomic E-state index is 0.201. The Bertz CT molecular complexity index is 1180. The van der Waals surface area contributed by atoms with Crippen molar-refractivity contribution in [2.45, 2.75) is 30.8 Å². The molecule has 0 aliphatic carbocycles. The average molecular weight is 487 g/mol. The molecule has 3 aromatic rings. The molecule has 0 N–H and O–H groups in total. The topological polar surface area (TPSA) is 88.1 Å². The van der Waals surface area contributed by atoms with E-state index in [0.29, 0.717) is 23.1 Å². The first-order valence-electron chi connectivity index (χ1n) is 11.6. The molecule has 184 valence electrons. The molecule has 4 atom stereocenters. The summed E-state index contributed by atoms with van der Waals surface area (Å²) in [5, 5.41) is 0. The van der Waals surface area contributed by atoms with Crippen LogP contribution in [0.1, 0.15) is 37.5 Å². The molecule has 0 aromatic heterocycles. The summed E-state index contributed by atoms with van der Waals surface area (Å²) < 4.78 is 23.2. The summed E-state index contributed by atoms with van der Waals surface area (Å²) in [6, 6.07) is 25.5. The number of rotatable bonds is 9. The van der Waals surface area contributed by atoms with E-state index in [1.807, 2.05) is 0 Å². The third-order valence-corrected chi connectivity index (χ3v) is 5.70. The largest absolute Gasteiger partial charge is 0.459 e. The van der Waals surface area contributed by atoms with E-state index >= 15 is 0 Å². The molecular formula is C29H26O7. The highest BCUT2D eigenvalue weighted by Crippen LogP contribution is 2.31. The zero-order chi connectivity index (χ0) is 25.3. The standard InChI is InChI=1S/C29H26O7/c1-2-12-23-25(35-28(31)21-15-8-4-9-16-21)26(36-29(32)22-17-10-5-11-18-22)24(34-23)19-33-27(30)20-13-6-3-7-14-20/h2-11,13-18,23-26H,1,12,19H2/t23-,24-,25-,26-/m1/s1. The molecule has 7 nitrogen and oxygen atoms in total. The summed E-state index contributed by atoms with van der Waals surface area (Å²) in [6.07, 6.45) is -1.51. The monoisotopic (exact) mass is 486 g/mol. The van der Waals surface area contributed by atoms with E-state index in [4.69, 9.17) is 18.9 Å². The number of carbonyl (C=O) groups is 3. The van der Waals surface area contributed by atoms with Crippen LogP contribution in [0.5, 0.6) is 0 Å². The quantitative estimate of drug-likeness (QED) is 0.247. The lowest BCUT2D eigenvalue weighted by molar-refractivity contribution is -0.0447. The van der Waals surface area contributed by atoms with Gasteiger partial charge in [0.2, 0.25) is 0 Å². The maximum atomic E-state index is 12.9. The number of benzene rings is 3. The highest BCUT2D eigenvalue weighted by atomic mass is 16.6. The van der Waals surface area contributed by atoms with Crippen molar-refractivity contribution in [3.8, 4) is 0 Å². The summed E-state index contributed by atoms with van der Waals surface area (Å²) >= 11 is 0. The van der Waals surface area contributed by atoms with E-state index in [2.05, 4.69) is 6.58 Å². The van der Waals surface area contributed by atoms with Gasteiger partial charge in [-0.05, 0) is 42.8 Å². The van der Waals surface area contributed by atoms with Gasteiger partial charge >= 0.3 is 17.9 Å². The number of carbonyl (C=O) groups excluding carboxylic acids is 3. The second-order valence-corrected chi connectivity index (χ2v) is 8.17. The first-order valence-corrected chi connectivity index (χ1v) is 11.6. The van der Waals surface area contributed by atoms with Gasteiger partial charge < -0.3 is 18.9 Å². The maximum absolute atomic E-state index is 12.9. The van der Waals surface area contributed by atoms with Crippen molar-refractivity contribution in [3.63, 3.8) is 0 Å². The van der Waals surface area contributed by atoms with Crippen LogP contribution in [0.3, 0.4) is 0 Å². The Morgan fingerprint density at radius 1 is 0.667 bits per heavy atom. The highest BCUT2D eigenvalue weighted by molar-refractivity contribution is 5.91. The molecule has 3 aromatic carbocycles. The third kappa shape index (κ3) is 6.06. The van der Waals surface area contributed by atoms with Gasteiger partial charge in [-0.3, -0.25) is 0 Å². The Balaban J connectivity index is 1.56. The van der Waals surface area contributed by atoms with Crippen molar-refractivity contribution in [3.05, 3.63) is 120 Å². The number of hydrogen-bond acceptors (Lipinski definition) is 7. The van der Waals surface area contributed by atoms with Crippen LogP contribution < -0.4 is 0 Å². The fraction of sp³-hybridized carbons (Fsp3) is 0.207. The molecule has 0 radical (unpaired) electrons. The smallest absolute Gasteiger partial charge is 0.338 e. The molecule has 7 heteroatoms. The van der Waals surface area contributed by atoms with Gasteiger partial charge in [-0.1, -0.05) is 60.7 Å². The lowest BCUT2D eigenvalue weighted by Gasteiger charge is -2.24. The van der Waals surface area contributed by atoms with Gasteiger partial charge in [0.15, 0.2) is 12.2 Å². The zero-order valence-electron chi connectivity index (χ0n) is 19.5. The van der Waals surface area contributed by atoms with Gasteiger partial charge in [0, 0.05) is 0 Å². The van der Waals surface area contributed by atoms with Crippen molar-refractivity contribution in [2.24, 2.45) is 0 Å². The van der Waals surface area contributed by atoms with Gasteiger partial charge in [-0.2, -0.15) is 0 Å². The first kappa shape index (κ1) is 24.9. The second-order valence-electron chi connectivity index (χ2n) is 8.17. The summed E-state index contributed by atoms with van der Waals surface area (Å²) in [4.78, 5) is 38.3. The van der Waals surface area contributed by atoms with Crippen molar-refractivity contribution < 1.29 is 33.3 Å². The van der Waals surface area contributed by atoms with Crippen LogP contribution in [-0.2, 0) is 18.9 Å². The number of hydrogen-bond donors (Lipinski definition) is 0. The molecule has 0 spiro atoms. The minimum atomic E-state index is -1.01. The Kier molecular flexibility index (Phi) is 8.26. The van der Waals surface area contributed by atoms with Gasteiger partial charge in [0.05, 0.1) is 16.7 Å². The minimum Gasteiger partial charge on any atom is -0.459 e. The van der Waals surface area contributed by atoms with Gasteiger partial charge in [-0.15, -0.1) is 6.58 Å². The molecule has 1 aliphatic rings. The van der Waals surface area contributed by atoms with Crippen LogP contribution in [0, 0.1) is 0 Å². The molecule has 1 saturated heterocycles. The molecule has 0 unspecified atom stereocenters.